The van der Waals surface area contributed by atoms with Crippen molar-refractivity contribution >= 4 is 23.4 Å². The summed E-state index contributed by atoms with van der Waals surface area (Å²) in [4.78, 5) is 11.5. The molecule has 0 heterocycles. The van der Waals surface area contributed by atoms with Crippen LogP contribution in [0.1, 0.15) is 6.92 Å². The maximum absolute atomic E-state index is 12.9. The van der Waals surface area contributed by atoms with Crippen molar-refractivity contribution in [3.63, 3.8) is 0 Å². The number of carbonyl (C=O) groups excluding carboxylic acids is 1. The lowest BCUT2D eigenvalue weighted by Crippen LogP contribution is -2.07. The van der Waals surface area contributed by atoms with E-state index in [1.165, 1.54) is 30.8 Å². The second-order valence-electron chi connectivity index (χ2n) is 2.77. The van der Waals surface area contributed by atoms with Gasteiger partial charge in [0.05, 0.1) is 17.5 Å². The van der Waals surface area contributed by atoms with Gasteiger partial charge in [0.15, 0.2) is 0 Å². The molecular formula is C10H9FN2OS. The Morgan fingerprint density at radius 3 is 3.00 bits per heavy atom. The molecule has 0 unspecified atom stereocenters. The topological polar surface area (TPSA) is 52.9 Å². The Labute approximate surface area is 91.3 Å². The van der Waals surface area contributed by atoms with Crippen molar-refractivity contribution in [1.82, 2.24) is 0 Å². The molecule has 1 N–H and O–H groups in total. The van der Waals surface area contributed by atoms with E-state index in [9.17, 15) is 9.18 Å². The molecule has 0 saturated carbocycles. The van der Waals surface area contributed by atoms with Crippen molar-refractivity contribution in [2.75, 3.05) is 11.1 Å². The average molecular weight is 224 g/mol. The molecular weight excluding hydrogens is 215 g/mol. The highest BCUT2D eigenvalue weighted by Crippen LogP contribution is 2.27. The van der Waals surface area contributed by atoms with Gasteiger partial charge in [0.2, 0.25) is 5.91 Å². The molecule has 0 aromatic heterocycles. The summed E-state index contributed by atoms with van der Waals surface area (Å²) < 4.78 is 12.9. The van der Waals surface area contributed by atoms with Crippen LogP contribution >= 0.6 is 11.8 Å². The van der Waals surface area contributed by atoms with Crippen LogP contribution in [0.2, 0.25) is 0 Å². The van der Waals surface area contributed by atoms with E-state index in [4.69, 9.17) is 5.26 Å². The van der Waals surface area contributed by atoms with Crippen molar-refractivity contribution in [1.29, 1.82) is 5.26 Å². The Balaban J connectivity index is 2.93. The summed E-state index contributed by atoms with van der Waals surface area (Å²) in [7, 11) is 0. The fourth-order valence-electron chi connectivity index (χ4n) is 1.03. The van der Waals surface area contributed by atoms with Crippen LogP contribution in [-0.4, -0.2) is 11.7 Å². The normalized spacial score (nSPS) is 9.40. The van der Waals surface area contributed by atoms with E-state index in [0.29, 0.717) is 10.6 Å². The van der Waals surface area contributed by atoms with Crippen LogP contribution in [0, 0.1) is 17.1 Å². The average Bonchev–Trinajstić information content (AvgIpc) is 2.16. The molecule has 3 nitrogen and oxygen atoms in total. The van der Waals surface area contributed by atoms with Gasteiger partial charge in [0, 0.05) is 11.8 Å². The lowest BCUT2D eigenvalue weighted by atomic mass is 10.3. The summed E-state index contributed by atoms with van der Waals surface area (Å²) in [6.07, 6.45) is 0. The quantitative estimate of drug-likeness (QED) is 0.802. The van der Waals surface area contributed by atoms with Crippen LogP contribution < -0.4 is 5.32 Å². The van der Waals surface area contributed by atoms with Crippen molar-refractivity contribution in [2.24, 2.45) is 0 Å². The first-order valence-corrected chi connectivity index (χ1v) is 5.19. The predicted molar refractivity (Wildman–Crippen MR) is 57.0 cm³/mol. The van der Waals surface area contributed by atoms with Gasteiger partial charge < -0.3 is 5.32 Å². The van der Waals surface area contributed by atoms with E-state index in [2.05, 4.69) is 5.32 Å². The Morgan fingerprint density at radius 2 is 2.40 bits per heavy atom. The van der Waals surface area contributed by atoms with Gasteiger partial charge >= 0.3 is 0 Å². The zero-order valence-electron chi connectivity index (χ0n) is 8.08. The van der Waals surface area contributed by atoms with Crippen LogP contribution in [0.5, 0.6) is 0 Å². The van der Waals surface area contributed by atoms with Crippen LogP contribution in [-0.2, 0) is 4.79 Å². The van der Waals surface area contributed by atoms with Gasteiger partial charge in [0.1, 0.15) is 5.82 Å². The number of hydrogen-bond acceptors (Lipinski definition) is 3. The smallest absolute Gasteiger partial charge is 0.221 e. The molecule has 1 aromatic rings. The monoisotopic (exact) mass is 224 g/mol. The number of anilines is 1. The third-order valence-electron chi connectivity index (χ3n) is 1.54. The second-order valence-corrected chi connectivity index (χ2v) is 3.79. The number of rotatable bonds is 3. The molecule has 5 heteroatoms. The largest absolute Gasteiger partial charge is 0.325 e. The summed E-state index contributed by atoms with van der Waals surface area (Å²) >= 11 is 1.26. The standard InChI is InChI=1S/C10H9FN2OS/c1-7(14)13-9-6-8(11)2-3-10(9)15-5-4-12/h2-3,6H,5H2,1H3,(H,13,14). The number of amides is 1. The highest BCUT2D eigenvalue weighted by atomic mass is 32.2. The highest BCUT2D eigenvalue weighted by Gasteiger charge is 2.05. The van der Waals surface area contributed by atoms with Gasteiger partial charge in [-0.15, -0.1) is 11.8 Å². The summed E-state index contributed by atoms with van der Waals surface area (Å²) in [6.45, 7) is 1.35. The first kappa shape index (κ1) is 11.5. The summed E-state index contributed by atoms with van der Waals surface area (Å²) in [6, 6.07) is 6.05. The third-order valence-corrected chi connectivity index (χ3v) is 2.48. The molecule has 1 amide bonds. The fraction of sp³-hybridized carbons (Fsp3) is 0.200. The number of benzene rings is 1. The molecule has 0 aliphatic heterocycles. The zero-order chi connectivity index (χ0) is 11.3. The van der Waals surface area contributed by atoms with Crippen LogP contribution in [0.25, 0.3) is 0 Å². The Morgan fingerprint density at radius 1 is 1.67 bits per heavy atom. The second kappa shape index (κ2) is 5.37. The van der Waals surface area contributed by atoms with Gasteiger partial charge in [-0.3, -0.25) is 4.79 Å². The number of halogens is 1. The summed E-state index contributed by atoms with van der Waals surface area (Å²) in [5, 5.41) is 10.9. The Bertz CT molecular complexity index is 414. The zero-order valence-corrected chi connectivity index (χ0v) is 8.90. The van der Waals surface area contributed by atoms with E-state index < -0.39 is 5.82 Å². The SMILES string of the molecule is CC(=O)Nc1cc(F)ccc1SCC#N. The molecule has 0 bridgehead atoms. The van der Waals surface area contributed by atoms with Crippen LogP contribution in [0.3, 0.4) is 0 Å². The van der Waals surface area contributed by atoms with E-state index in [1.807, 2.05) is 6.07 Å². The number of nitrogens with zero attached hydrogens (tertiary/aromatic N) is 1. The first-order valence-electron chi connectivity index (χ1n) is 4.20. The summed E-state index contributed by atoms with van der Waals surface area (Å²) in [5.41, 5.74) is 0.405. The molecule has 15 heavy (non-hydrogen) atoms. The molecule has 0 saturated heterocycles. The molecule has 1 aromatic carbocycles. The predicted octanol–water partition coefficient (Wildman–Crippen LogP) is 2.40. The van der Waals surface area contributed by atoms with Crippen LogP contribution in [0.4, 0.5) is 10.1 Å². The van der Waals surface area contributed by atoms with Gasteiger partial charge in [-0.1, -0.05) is 0 Å². The summed E-state index contributed by atoms with van der Waals surface area (Å²) in [5.74, 6) is -0.419. The van der Waals surface area contributed by atoms with Crippen LogP contribution in [0.15, 0.2) is 23.1 Å². The first-order chi connectivity index (χ1) is 7.13. The lowest BCUT2D eigenvalue weighted by Gasteiger charge is -2.07. The Hall–Kier alpha value is -1.54. The molecule has 1 rings (SSSR count). The molecule has 0 fully saturated rings. The molecule has 78 valence electrons. The molecule has 0 spiro atoms. The van der Waals surface area contributed by atoms with E-state index in [-0.39, 0.29) is 11.7 Å². The van der Waals surface area contributed by atoms with Gasteiger partial charge in [-0.2, -0.15) is 5.26 Å². The number of carbonyl (C=O) groups is 1. The fourth-order valence-corrected chi connectivity index (χ4v) is 1.68. The maximum Gasteiger partial charge on any atom is 0.221 e. The van der Waals surface area contributed by atoms with Gasteiger partial charge in [-0.05, 0) is 18.2 Å². The maximum atomic E-state index is 12.9. The molecule has 0 atom stereocenters. The number of nitrogens with one attached hydrogen (secondary N) is 1. The molecule has 0 radical (unpaired) electrons. The number of hydrogen-bond donors (Lipinski definition) is 1. The van der Waals surface area contributed by atoms with Gasteiger partial charge in [-0.25, -0.2) is 4.39 Å². The van der Waals surface area contributed by atoms with Crippen molar-refractivity contribution in [3.8, 4) is 6.07 Å². The van der Waals surface area contributed by atoms with E-state index in [0.717, 1.165) is 0 Å². The molecule has 0 aliphatic rings. The van der Waals surface area contributed by atoms with Crippen molar-refractivity contribution < 1.29 is 9.18 Å². The number of nitriles is 1. The number of thioether (sulfide) groups is 1. The molecule has 0 aliphatic carbocycles. The lowest BCUT2D eigenvalue weighted by molar-refractivity contribution is -0.114. The minimum Gasteiger partial charge on any atom is -0.325 e. The Kier molecular flexibility index (Phi) is 4.13. The highest BCUT2D eigenvalue weighted by molar-refractivity contribution is 7.99. The van der Waals surface area contributed by atoms with E-state index in [1.54, 1.807) is 6.07 Å². The minimum absolute atomic E-state index is 0.262. The third kappa shape index (κ3) is 3.60. The van der Waals surface area contributed by atoms with Crippen molar-refractivity contribution in [3.05, 3.63) is 24.0 Å². The minimum atomic E-state index is -0.417. The van der Waals surface area contributed by atoms with E-state index >= 15 is 0 Å². The van der Waals surface area contributed by atoms with Gasteiger partial charge in [0.25, 0.3) is 0 Å². The van der Waals surface area contributed by atoms with Crippen molar-refractivity contribution in [2.45, 2.75) is 11.8 Å².